The lowest BCUT2D eigenvalue weighted by atomic mass is 10.2. The number of nitrogens with zero attached hydrogens (tertiary/aromatic N) is 4. The van der Waals surface area contributed by atoms with Crippen LogP contribution in [0.3, 0.4) is 0 Å². The van der Waals surface area contributed by atoms with E-state index >= 15 is 0 Å². The number of hydrogen-bond acceptors (Lipinski definition) is 3. The second-order valence-corrected chi connectivity index (χ2v) is 8.02. The summed E-state index contributed by atoms with van der Waals surface area (Å²) in [5.74, 6) is 0.336. The molecule has 0 unspecified atom stereocenters. The van der Waals surface area contributed by atoms with Gasteiger partial charge in [-0.2, -0.15) is 10.2 Å². The highest BCUT2D eigenvalue weighted by Gasteiger charge is 2.07. The van der Waals surface area contributed by atoms with Crippen LogP contribution in [-0.2, 0) is 13.1 Å². The highest BCUT2D eigenvalue weighted by atomic mass is 35.5. The van der Waals surface area contributed by atoms with Gasteiger partial charge in [0.05, 0.1) is 25.0 Å². The van der Waals surface area contributed by atoms with E-state index in [4.69, 9.17) is 35.4 Å². The maximum Gasteiger partial charge on any atom is 0.176 e. The molecule has 0 radical (unpaired) electrons. The molecule has 2 heterocycles. The first-order valence-electron chi connectivity index (χ1n) is 9.27. The van der Waals surface area contributed by atoms with Gasteiger partial charge in [-0.05, 0) is 47.6 Å². The molecule has 6 nitrogen and oxygen atoms in total. The second kappa shape index (κ2) is 9.47. The molecule has 2 N–H and O–H groups in total. The van der Waals surface area contributed by atoms with E-state index in [9.17, 15) is 4.39 Å². The molecule has 2 aromatic heterocycles. The molecule has 0 atom stereocenters. The number of anilines is 2. The van der Waals surface area contributed by atoms with Gasteiger partial charge < -0.3 is 10.6 Å². The number of aromatic nitrogens is 4. The second-order valence-electron chi connectivity index (χ2n) is 6.77. The summed E-state index contributed by atoms with van der Waals surface area (Å²) < 4.78 is 16.5. The molecular formula is C21H17Cl2FN6S. The van der Waals surface area contributed by atoms with Gasteiger partial charge in [-0.25, -0.2) is 4.39 Å². The van der Waals surface area contributed by atoms with E-state index < -0.39 is 0 Å². The van der Waals surface area contributed by atoms with Gasteiger partial charge >= 0.3 is 0 Å². The standard InChI is InChI=1S/C21H17Cl2FN6S/c22-16-4-3-15(19(23)9-16)12-30-13-18(10-25-30)26-21(31)27-20-7-8-29(28-20)11-14-1-5-17(24)6-2-14/h1-10,13H,11-12H2,(H2,26,27,28,31). The van der Waals surface area contributed by atoms with Crippen LogP contribution < -0.4 is 10.6 Å². The lowest BCUT2D eigenvalue weighted by Gasteiger charge is -2.07. The molecule has 2 aromatic carbocycles. The van der Waals surface area contributed by atoms with Crippen molar-refractivity contribution in [2.75, 3.05) is 10.6 Å². The van der Waals surface area contributed by atoms with Gasteiger partial charge in [0, 0.05) is 28.5 Å². The van der Waals surface area contributed by atoms with Crippen molar-refractivity contribution in [3.8, 4) is 0 Å². The largest absolute Gasteiger partial charge is 0.330 e. The van der Waals surface area contributed by atoms with Crippen molar-refractivity contribution in [1.29, 1.82) is 0 Å². The number of rotatable bonds is 6. The van der Waals surface area contributed by atoms with Gasteiger partial charge in [0.25, 0.3) is 0 Å². The van der Waals surface area contributed by atoms with Crippen LogP contribution >= 0.6 is 35.4 Å². The summed E-state index contributed by atoms with van der Waals surface area (Å²) in [5, 5.41) is 16.4. The van der Waals surface area contributed by atoms with Crippen molar-refractivity contribution in [3.05, 3.63) is 94.1 Å². The predicted molar refractivity (Wildman–Crippen MR) is 125 cm³/mol. The third-order valence-electron chi connectivity index (χ3n) is 4.38. The molecule has 0 aliphatic carbocycles. The van der Waals surface area contributed by atoms with Crippen LogP contribution in [0, 0.1) is 5.82 Å². The highest BCUT2D eigenvalue weighted by Crippen LogP contribution is 2.22. The number of halogens is 3. The van der Waals surface area contributed by atoms with E-state index in [-0.39, 0.29) is 5.82 Å². The monoisotopic (exact) mass is 474 g/mol. The van der Waals surface area contributed by atoms with E-state index in [0.717, 1.165) is 16.8 Å². The Hall–Kier alpha value is -2.94. The molecular weight excluding hydrogens is 458 g/mol. The number of hydrogen-bond donors (Lipinski definition) is 2. The normalized spacial score (nSPS) is 10.8. The first kappa shape index (κ1) is 21.3. The van der Waals surface area contributed by atoms with Crippen LogP contribution in [0.25, 0.3) is 0 Å². The Morgan fingerprint density at radius 1 is 1.00 bits per heavy atom. The Bertz CT molecular complexity index is 1200. The maximum absolute atomic E-state index is 13.0. The van der Waals surface area contributed by atoms with Crippen LogP contribution in [0.1, 0.15) is 11.1 Å². The maximum atomic E-state index is 13.0. The smallest absolute Gasteiger partial charge is 0.176 e. The molecule has 0 fully saturated rings. The van der Waals surface area contributed by atoms with Crippen LogP contribution in [0.5, 0.6) is 0 Å². The third kappa shape index (κ3) is 5.81. The number of thiocarbonyl (C=S) groups is 1. The molecule has 158 valence electrons. The SMILES string of the molecule is Fc1ccc(Cn2ccc(NC(=S)Nc3cnn(Cc4ccc(Cl)cc4Cl)c3)n2)cc1. The minimum absolute atomic E-state index is 0.262. The van der Waals surface area contributed by atoms with Gasteiger partial charge in [0.2, 0.25) is 0 Å². The molecule has 4 rings (SSSR count). The van der Waals surface area contributed by atoms with Crippen LogP contribution in [0.15, 0.2) is 67.1 Å². The molecule has 0 aliphatic heterocycles. The Labute approximate surface area is 193 Å². The zero-order valence-electron chi connectivity index (χ0n) is 16.1. The van der Waals surface area contributed by atoms with E-state index in [1.807, 2.05) is 24.5 Å². The number of nitrogens with one attached hydrogen (secondary N) is 2. The Morgan fingerprint density at radius 2 is 1.81 bits per heavy atom. The van der Waals surface area contributed by atoms with Crippen molar-refractivity contribution < 1.29 is 4.39 Å². The van der Waals surface area contributed by atoms with Crippen molar-refractivity contribution in [2.24, 2.45) is 0 Å². The summed E-state index contributed by atoms with van der Waals surface area (Å²) in [6.45, 7) is 1.04. The van der Waals surface area contributed by atoms with Gasteiger partial charge in [0.15, 0.2) is 10.9 Å². The molecule has 0 spiro atoms. The molecule has 0 bridgehead atoms. The van der Waals surface area contributed by atoms with Gasteiger partial charge in [-0.15, -0.1) is 0 Å². The Morgan fingerprint density at radius 3 is 2.58 bits per heavy atom. The van der Waals surface area contributed by atoms with Crippen molar-refractivity contribution in [2.45, 2.75) is 13.1 Å². The van der Waals surface area contributed by atoms with Gasteiger partial charge in [0.1, 0.15) is 5.82 Å². The molecule has 0 saturated heterocycles. The fourth-order valence-corrected chi connectivity index (χ4v) is 3.60. The fourth-order valence-electron chi connectivity index (χ4n) is 2.91. The Kier molecular flexibility index (Phi) is 6.50. The molecule has 4 aromatic rings. The molecule has 31 heavy (non-hydrogen) atoms. The average molecular weight is 475 g/mol. The van der Waals surface area contributed by atoms with E-state index in [2.05, 4.69) is 20.8 Å². The summed E-state index contributed by atoms with van der Waals surface area (Å²) >= 11 is 17.5. The Balaban J connectivity index is 1.32. The van der Waals surface area contributed by atoms with Crippen LogP contribution in [0.4, 0.5) is 15.9 Å². The first-order valence-corrected chi connectivity index (χ1v) is 10.4. The highest BCUT2D eigenvalue weighted by molar-refractivity contribution is 7.80. The molecule has 10 heteroatoms. The summed E-state index contributed by atoms with van der Waals surface area (Å²) in [5.41, 5.74) is 2.59. The molecule has 0 saturated carbocycles. The van der Waals surface area contributed by atoms with Crippen molar-refractivity contribution >= 4 is 52.0 Å². The zero-order valence-corrected chi connectivity index (χ0v) is 18.4. The fraction of sp³-hybridized carbons (Fsp3) is 0.0952. The zero-order chi connectivity index (χ0) is 21.8. The quantitative estimate of drug-likeness (QED) is 0.364. The van der Waals surface area contributed by atoms with Gasteiger partial charge in [-0.1, -0.05) is 41.4 Å². The first-order chi connectivity index (χ1) is 14.9. The lowest BCUT2D eigenvalue weighted by Crippen LogP contribution is -2.19. The van der Waals surface area contributed by atoms with Gasteiger partial charge in [-0.3, -0.25) is 9.36 Å². The topological polar surface area (TPSA) is 59.7 Å². The summed E-state index contributed by atoms with van der Waals surface area (Å²) in [6, 6.07) is 13.5. The average Bonchev–Trinajstić information content (AvgIpc) is 3.35. The third-order valence-corrected chi connectivity index (χ3v) is 5.17. The molecule has 0 amide bonds. The van der Waals surface area contributed by atoms with E-state index in [0.29, 0.717) is 34.1 Å². The predicted octanol–water partition coefficient (Wildman–Crippen LogP) is 5.43. The summed E-state index contributed by atoms with van der Waals surface area (Å²) in [6.07, 6.45) is 5.32. The summed E-state index contributed by atoms with van der Waals surface area (Å²) in [7, 11) is 0. The van der Waals surface area contributed by atoms with E-state index in [1.165, 1.54) is 12.1 Å². The van der Waals surface area contributed by atoms with Crippen LogP contribution in [0.2, 0.25) is 10.0 Å². The number of benzene rings is 2. The van der Waals surface area contributed by atoms with E-state index in [1.54, 1.807) is 39.8 Å². The van der Waals surface area contributed by atoms with Crippen LogP contribution in [-0.4, -0.2) is 24.7 Å². The minimum Gasteiger partial charge on any atom is -0.330 e. The van der Waals surface area contributed by atoms with Crippen molar-refractivity contribution in [3.63, 3.8) is 0 Å². The van der Waals surface area contributed by atoms with Crippen molar-refractivity contribution in [1.82, 2.24) is 19.6 Å². The molecule has 0 aliphatic rings. The summed E-state index contributed by atoms with van der Waals surface area (Å²) in [4.78, 5) is 0. The lowest BCUT2D eigenvalue weighted by molar-refractivity contribution is 0.624. The minimum atomic E-state index is -0.262.